The maximum atomic E-state index is 9.87. The van der Waals surface area contributed by atoms with Gasteiger partial charge in [-0.25, -0.2) is 9.97 Å². The van der Waals surface area contributed by atoms with Crippen LogP contribution in [0.2, 0.25) is 0 Å². The number of hydrogen-bond donors (Lipinski definition) is 0. The summed E-state index contributed by atoms with van der Waals surface area (Å²) in [6.45, 7) is 0. The molecule has 0 aliphatic heterocycles. The van der Waals surface area contributed by atoms with E-state index in [1.807, 2.05) is 72.8 Å². The number of pyridine rings is 6. The van der Waals surface area contributed by atoms with Gasteiger partial charge in [-0.05, 0) is 85.3 Å². The van der Waals surface area contributed by atoms with E-state index >= 15 is 0 Å². The number of hydrogen-bond acceptors (Lipinski definition) is 8. The topological polar surface area (TPSA) is 77.3 Å². The van der Waals surface area contributed by atoms with Crippen molar-refractivity contribution in [3.8, 4) is 45.6 Å². The van der Waals surface area contributed by atoms with E-state index in [0.29, 0.717) is 0 Å². The van der Waals surface area contributed by atoms with Crippen LogP contribution in [0.3, 0.4) is 0 Å². The van der Waals surface area contributed by atoms with Gasteiger partial charge in [0.2, 0.25) is 0 Å². The molecule has 0 N–H and O–H groups in total. The molecule has 0 fully saturated rings. The Morgan fingerprint density at radius 2 is 0.564 bits per heavy atom. The summed E-state index contributed by atoms with van der Waals surface area (Å²) in [7, 11) is -21.3. The first-order valence-corrected chi connectivity index (χ1v) is 21.0. The molecule has 0 saturated heterocycles. The van der Waals surface area contributed by atoms with E-state index in [-0.39, 0.29) is 16.8 Å². The molecule has 0 spiro atoms. The SMILES string of the molecule is CSc1cc(-c2ccccn2)nc(-c2ccccn2)c1.CSc1cc(-c2ccccn2)nc(-c2ccccn2)c1.F[P-](F)(F)(F)(F)F.F[P-](F)(F)(F)(F)F.[Co+2]. The third-order valence-electron chi connectivity index (χ3n) is 5.78. The molecule has 6 nitrogen and oxygen atoms in total. The quantitative estimate of drug-likeness (QED) is 0.0929. The summed E-state index contributed by atoms with van der Waals surface area (Å²) >= 11 is 3.38. The van der Waals surface area contributed by atoms with Crippen LogP contribution in [0.15, 0.2) is 132 Å². The monoisotopic (exact) mass is 907 g/mol. The number of rotatable bonds is 6. The van der Waals surface area contributed by atoms with Crippen molar-refractivity contribution in [3.63, 3.8) is 0 Å². The van der Waals surface area contributed by atoms with E-state index < -0.39 is 15.6 Å². The van der Waals surface area contributed by atoms with Crippen LogP contribution >= 0.6 is 39.1 Å². The van der Waals surface area contributed by atoms with E-state index in [1.54, 1.807) is 48.3 Å². The molecule has 55 heavy (non-hydrogen) atoms. The maximum Gasteiger partial charge on any atom is 2.00 e. The third kappa shape index (κ3) is 22.3. The van der Waals surface area contributed by atoms with E-state index in [4.69, 9.17) is 0 Å². The van der Waals surface area contributed by atoms with Gasteiger partial charge in [0, 0.05) is 34.6 Å². The minimum absolute atomic E-state index is 0. The zero-order valence-corrected chi connectivity index (χ0v) is 32.3. The summed E-state index contributed by atoms with van der Waals surface area (Å²) < 4.78 is 118. The molecule has 0 aromatic carbocycles. The van der Waals surface area contributed by atoms with Crippen LogP contribution in [-0.2, 0) is 16.8 Å². The first-order valence-electron chi connectivity index (χ1n) is 14.5. The minimum atomic E-state index is -10.7. The van der Waals surface area contributed by atoms with Crippen molar-refractivity contribution in [3.05, 3.63) is 122 Å². The Hall–Kier alpha value is -3.87. The average Bonchev–Trinajstić information content (AvgIpc) is 3.10. The first kappa shape index (κ1) is 47.3. The van der Waals surface area contributed by atoms with Crippen molar-refractivity contribution in [1.29, 1.82) is 0 Å². The van der Waals surface area contributed by atoms with Crippen LogP contribution in [0, 0.1) is 0 Å². The molecule has 0 amide bonds. The van der Waals surface area contributed by atoms with Crippen LogP contribution < -0.4 is 0 Å². The van der Waals surface area contributed by atoms with Crippen molar-refractivity contribution < 1.29 is 67.1 Å². The first-order chi connectivity index (χ1) is 24.6. The summed E-state index contributed by atoms with van der Waals surface area (Å²) in [6, 6.07) is 31.6. The molecule has 299 valence electrons. The Bertz CT molecular complexity index is 1840. The molecule has 1 radical (unpaired) electrons. The number of aromatic nitrogens is 6. The molecule has 23 heteroatoms. The predicted molar refractivity (Wildman–Crippen MR) is 192 cm³/mol. The fraction of sp³-hybridized carbons (Fsp3) is 0.0625. The van der Waals surface area contributed by atoms with Gasteiger partial charge in [-0.3, -0.25) is 19.9 Å². The summed E-state index contributed by atoms with van der Waals surface area (Å²) in [6.07, 6.45) is 11.2. The fourth-order valence-electron chi connectivity index (χ4n) is 3.83. The molecule has 0 aliphatic carbocycles. The molecular weight excluding hydrogens is 881 g/mol. The van der Waals surface area contributed by atoms with Gasteiger partial charge in [0.15, 0.2) is 0 Å². The predicted octanol–water partition coefficient (Wildman–Crippen LogP) is 14.6. The molecule has 0 bridgehead atoms. The van der Waals surface area contributed by atoms with Crippen LogP contribution in [0.1, 0.15) is 0 Å². The Labute approximate surface area is 324 Å². The Morgan fingerprint density at radius 3 is 0.709 bits per heavy atom. The summed E-state index contributed by atoms with van der Waals surface area (Å²) in [5, 5.41) is 0. The van der Waals surface area contributed by atoms with Crippen molar-refractivity contribution >= 4 is 39.1 Å². The second-order valence-corrected chi connectivity index (χ2v) is 15.9. The normalized spacial score (nSPS) is 13.5. The molecule has 0 unspecified atom stereocenters. The second-order valence-electron chi connectivity index (χ2n) is 10.3. The molecular formula is C32H26CoF12N6P2S2. The smallest absolute Gasteiger partial charge is 2.00 e. The van der Waals surface area contributed by atoms with Gasteiger partial charge in [0.1, 0.15) is 0 Å². The maximum absolute atomic E-state index is 10.7. The van der Waals surface area contributed by atoms with E-state index in [9.17, 15) is 50.4 Å². The van der Waals surface area contributed by atoms with Gasteiger partial charge in [-0.2, -0.15) is 0 Å². The molecule has 6 aromatic heterocycles. The third-order valence-corrected chi connectivity index (χ3v) is 7.19. The number of halogens is 12. The second kappa shape index (κ2) is 17.1. The van der Waals surface area contributed by atoms with E-state index in [1.165, 1.54) is 0 Å². The van der Waals surface area contributed by atoms with Gasteiger partial charge < -0.3 is 0 Å². The van der Waals surface area contributed by atoms with Gasteiger partial charge >= 0.3 is 82.8 Å². The largest absolute Gasteiger partial charge is 2.00 e. The van der Waals surface area contributed by atoms with E-state index in [0.717, 1.165) is 55.3 Å². The standard InChI is InChI=1S/2C16H13N3S.Co.2F6P/c2*1-20-12-10-15(13-6-2-4-8-17-13)19-16(11-12)14-7-3-5-9-18-14;;2*1-7(2,3,4,5)6/h2*2-11H,1H3;;;/q;;+2;2*-1. The van der Waals surface area contributed by atoms with Gasteiger partial charge in [0.05, 0.1) is 45.6 Å². The zero-order chi connectivity index (χ0) is 40.4. The molecule has 6 heterocycles. The van der Waals surface area contributed by atoms with E-state index in [2.05, 4.69) is 66.7 Å². The zero-order valence-electron chi connectivity index (χ0n) is 27.8. The van der Waals surface area contributed by atoms with Gasteiger partial charge in [-0.1, -0.05) is 24.3 Å². The molecule has 6 aromatic rings. The average molecular weight is 908 g/mol. The van der Waals surface area contributed by atoms with Crippen LogP contribution in [0.25, 0.3) is 45.6 Å². The fourth-order valence-corrected chi connectivity index (χ4v) is 4.75. The Balaban J connectivity index is 0.000000281. The van der Waals surface area contributed by atoms with Crippen LogP contribution in [-0.4, -0.2) is 42.4 Å². The number of thioether (sulfide) groups is 2. The van der Waals surface area contributed by atoms with Crippen molar-refractivity contribution in [1.82, 2.24) is 29.9 Å². The molecule has 0 atom stereocenters. The Morgan fingerprint density at radius 1 is 0.364 bits per heavy atom. The minimum Gasteiger partial charge on any atom is 2.00 e. The number of nitrogens with zero attached hydrogens (tertiary/aromatic N) is 6. The van der Waals surface area contributed by atoms with Crippen LogP contribution in [0.5, 0.6) is 0 Å². The van der Waals surface area contributed by atoms with Crippen LogP contribution in [0.4, 0.5) is 50.4 Å². The summed E-state index contributed by atoms with van der Waals surface area (Å²) in [5.74, 6) is 0. The van der Waals surface area contributed by atoms with Crippen molar-refractivity contribution in [2.75, 3.05) is 12.5 Å². The molecule has 0 aliphatic rings. The summed E-state index contributed by atoms with van der Waals surface area (Å²) in [5.41, 5.74) is 7.00. The Kier molecular flexibility index (Phi) is 14.7. The molecule has 6 rings (SSSR count). The van der Waals surface area contributed by atoms with Crippen molar-refractivity contribution in [2.45, 2.75) is 9.79 Å². The van der Waals surface area contributed by atoms with Gasteiger partial charge in [-0.15, -0.1) is 23.5 Å². The van der Waals surface area contributed by atoms with Gasteiger partial charge in [0.25, 0.3) is 0 Å². The summed E-state index contributed by atoms with van der Waals surface area (Å²) in [4.78, 5) is 29.1. The molecule has 0 saturated carbocycles. The van der Waals surface area contributed by atoms with Crippen molar-refractivity contribution in [2.24, 2.45) is 0 Å².